The molecule has 2 atom stereocenters. The van der Waals surface area contributed by atoms with Crippen molar-refractivity contribution in [3.8, 4) is 0 Å². The fraction of sp³-hybridized carbons (Fsp3) is 0.500. The molecule has 3 rings (SSSR count). The van der Waals surface area contributed by atoms with Gasteiger partial charge in [0.2, 0.25) is 0 Å². The Balaban J connectivity index is 2.08. The lowest BCUT2D eigenvalue weighted by Crippen LogP contribution is -2.39. The smallest absolute Gasteiger partial charge is 0.315 e. The molecule has 0 saturated carbocycles. The van der Waals surface area contributed by atoms with Crippen LogP contribution in [0, 0.1) is 11.3 Å². The SMILES string of the molecule is COCCOC(=O)C1C(C)=NC2=C(C(=O)CC(C)(C)C2)[C@H]1c1cccc(Cl)c1. The van der Waals surface area contributed by atoms with Gasteiger partial charge in [0, 0.05) is 41.5 Å². The van der Waals surface area contributed by atoms with Crippen molar-refractivity contribution in [3.63, 3.8) is 0 Å². The Morgan fingerprint density at radius 2 is 2.04 bits per heavy atom. The van der Waals surface area contributed by atoms with E-state index in [9.17, 15) is 9.59 Å². The second-order valence-corrected chi connectivity index (χ2v) is 8.66. The molecule has 6 heteroatoms. The van der Waals surface area contributed by atoms with Crippen molar-refractivity contribution in [2.75, 3.05) is 20.3 Å². The molecule has 5 nitrogen and oxygen atoms in total. The van der Waals surface area contributed by atoms with Gasteiger partial charge in [-0.2, -0.15) is 0 Å². The molecule has 0 saturated heterocycles. The zero-order valence-electron chi connectivity index (χ0n) is 16.8. The van der Waals surface area contributed by atoms with E-state index in [0.717, 1.165) is 11.3 Å². The monoisotopic (exact) mass is 403 g/mol. The first kappa shape index (κ1) is 20.7. The Labute approximate surface area is 170 Å². The summed E-state index contributed by atoms with van der Waals surface area (Å²) in [5, 5.41) is 0.565. The van der Waals surface area contributed by atoms with E-state index in [4.69, 9.17) is 21.1 Å². The van der Waals surface area contributed by atoms with E-state index in [1.165, 1.54) is 0 Å². The fourth-order valence-corrected chi connectivity index (χ4v) is 4.32. The standard InChI is InChI=1S/C22H26ClNO4/c1-13-18(21(26)28-9-8-27-4)19(14-6-5-7-15(23)10-14)20-16(24-13)11-22(2,3)12-17(20)25/h5-7,10,18-19H,8-9,11-12H2,1-4H3/t18?,19-/m0/s1. The predicted octanol–water partition coefficient (Wildman–Crippen LogP) is 4.35. The van der Waals surface area contributed by atoms with E-state index in [0.29, 0.717) is 35.8 Å². The molecule has 1 aliphatic heterocycles. The Morgan fingerprint density at radius 3 is 2.71 bits per heavy atom. The third-order valence-corrected chi connectivity index (χ3v) is 5.53. The van der Waals surface area contributed by atoms with Gasteiger partial charge in [-0.05, 0) is 36.5 Å². The van der Waals surface area contributed by atoms with Crippen molar-refractivity contribution in [1.29, 1.82) is 0 Å². The minimum Gasteiger partial charge on any atom is -0.463 e. The van der Waals surface area contributed by atoms with Gasteiger partial charge in [-0.3, -0.25) is 14.6 Å². The number of carbonyl (C=O) groups excluding carboxylic acids is 2. The van der Waals surface area contributed by atoms with Crippen LogP contribution in [0.3, 0.4) is 0 Å². The van der Waals surface area contributed by atoms with Crippen LogP contribution in [0.1, 0.15) is 45.1 Å². The average molecular weight is 404 g/mol. The molecule has 1 unspecified atom stereocenters. The third kappa shape index (κ3) is 4.20. The van der Waals surface area contributed by atoms with Gasteiger partial charge in [-0.15, -0.1) is 0 Å². The van der Waals surface area contributed by atoms with Crippen molar-refractivity contribution >= 4 is 29.1 Å². The summed E-state index contributed by atoms with van der Waals surface area (Å²) in [6.45, 7) is 6.44. The topological polar surface area (TPSA) is 65.0 Å². The summed E-state index contributed by atoms with van der Waals surface area (Å²) in [6.07, 6.45) is 1.14. The van der Waals surface area contributed by atoms with Crippen molar-refractivity contribution in [2.45, 2.75) is 39.5 Å². The normalized spacial score (nSPS) is 23.9. The van der Waals surface area contributed by atoms with Crippen LogP contribution in [0.4, 0.5) is 0 Å². The number of methoxy groups -OCH3 is 1. The average Bonchev–Trinajstić information content (AvgIpc) is 2.59. The number of aliphatic imine (C=N–C) groups is 1. The van der Waals surface area contributed by atoms with Gasteiger partial charge in [-0.25, -0.2) is 0 Å². The van der Waals surface area contributed by atoms with Crippen LogP contribution in [0.25, 0.3) is 0 Å². The maximum absolute atomic E-state index is 13.1. The number of benzene rings is 1. The number of rotatable bonds is 5. The van der Waals surface area contributed by atoms with Crippen LogP contribution in [0.2, 0.25) is 5.02 Å². The molecule has 1 aliphatic carbocycles. The Kier molecular flexibility index (Phi) is 6.06. The summed E-state index contributed by atoms with van der Waals surface area (Å²) in [5.74, 6) is -1.45. The largest absolute Gasteiger partial charge is 0.463 e. The molecule has 28 heavy (non-hydrogen) atoms. The van der Waals surface area contributed by atoms with Crippen molar-refractivity contribution in [2.24, 2.45) is 16.3 Å². The summed E-state index contributed by atoms with van der Waals surface area (Å²) in [5.41, 5.74) is 2.75. The first-order valence-corrected chi connectivity index (χ1v) is 9.84. The second-order valence-electron chi connectivity index (χ2n) is 8.23. The fourth-order valence-electron chi connectivity index (χ4n) is 4.13. The maximum atomic E-state index is 13.1. The zero-order valence-corrected chi connectivity index (χ0v) is 17.5. The van der Waals surface area contributed by atoms with Crippen molar-refractivity contribution < 1.29 is 19.1 Å². The van der Waals surface area contributed by atoms with Gasteiger partial charge in [0.25, 0.3) is 0 Å². The number of allylic oxidation sites excluding steroid dienone is 2. The first-order chi connectivity index (χ1) is 13.2. The Morgan fingerprint density at radius 1 is 1.29 bits per heavy atom. The van der Waals surface area contributed by atoms with E-state index in [2.05, 4.69) is 18.8 Å². The van der Waals surface area contributed by atoms with Crippen LogP contribution in [0.5, 0.6) is 0 Å². The van der Waals surface area contributed by atoms with E-state index in [-0.39, 0.29) is 17.8 Å². The van der Waals surface area contributed by atoms with Gasteiger partial charge in [-0.1, -0.05) is 37.6 Å². The summed E-state index contributed by atoms with van der Waals surface area (Å²) in [4.78, 5) is 30.7. The number of hydrogen-bond donors (Lipinski definition) is 0. The third-order valence-electron chi connectivity index (χ3n) is 5.30. The predicted molar refractivity (Wildman–Crippen MR) is 109 cm³/mol. The molecule has 1 heterocycles. The lowest BCUT2D eigenvalue weighted by Gasteiger charge is -2.39. The summed E-state index contributed by atoms with van der Waals surface area (Å²) in [6, 6.07) is 7.34. The molecule has 0 amide bonds. The number of Topliss-reactive ketones (excluding diaryl/α,β-unsaturated/α-hetero) is 1. The number of nitrogens with zero attached hydrogens (tertiary/aromatic N) is 1. The molecule has 0 fully saturated rings. The first-order valence-electron chi connectivity index (χ1n) is 9.46. The molecule has 0 aromatic heterocycles. The van der Waals surface area contributed by atoms with Gasteiger partial charge in [0.15, 0.2) is 5.78 Å². The number of esters is 1. The molecule has 0 N–H and O–H groups in total. The lowest BCUT2D eigenvalue weighted by atomic mass is 9.67. The van der Waals surface area contributed by atoms with Gasteiger partial charge >= 0.3 is 5.97 Å². The summed E-state index contributed by atoms with van der Waals surface area (Å²) < 4.78 is 10.4. The van der Waals surface area contributed by atoms with Crippen LogP contribution in [0.15, 0.2) is 40.5 Å². The number of carbonyl (C=O) groups is 2. The molecule has 150 valence electrons. The van der Waals surface area contributed by atoms with Gasteiger partial charge < -0.3 is 9.47 Å². The Hall–Kier alpha value is -1.98. The van der Waals surface area contributed by atoms with E-state index in [1.54, 1.807) is 13.2 Å². The number of hydrogen-bond acceptors (Lipinski definition) is 5. The van der Waals surface area contributed by atoms with Crippen molar-refractivity contribution in [1.82, 2.24) is 0 Å². The van der Waals surface area contributed by atoms with Crippen molar-refractivity contribution in [3.05, 3.63) is 46.1 Å². The van der Waals surface area contributed by atoms with Crippen LogP contribution < -0.4 is 0 Å². The second kappa shape index (κ2) is 8.18. The van der Waals surface area contributed by atoms with E-state index < -0.39 is 17.8 Å². The van der Waals surface area contributed by atoms with Crippen LogP contribution in [-0.2, 0) is 19.1 Å². The molecule has 2 aliphatic rings. The minimum absolute atomic E-state index is 0.0437. The molecule has 0 bridgehead atoms. The highest BCUT2D eigenvalue weighted by atomic mass is 35.5. The molecule has 1 aromatic rings. The lowest BCUT2D eigenvalue weighted by molar-refractivity contribution is -0.147. The summed E-state index contributed by atoms with van der Waals surface area (Å²) in [7, 11) is 1.55. The Bertz CT molecular complexity index is 856. The summed E-state index contributed by atoms with van der Waals surface area (Å²) >= 11 is 6.22. The van der Waals surface area contributed by atoms with Crippen LogP contribution >= 0.6 is 11.6 Å². The van der Waals surface area contributed by atoms with E-state index in [1.807, 2.05) is 25.1 Å². The van der Waals surface area contributed by atoms with Gasteiger partial charge in [0.1, 0.15) is 12.5 Å². The molecular weight excluding hydrogens is 378 g/mol. The maximum Gasteiger partial charge on any atom is 0.315 e. The van der Waals surface area contributed by atoms with Crippen LogP contribution in [-0.4, -0.2) is 37.8 Å². The number of ether oxygens (including phenoxy) is 2. The van der Waals surface area contributed by atoms with Gasteiger partial charge in [0.05, 0.1) is 6.61 Å². The quantitative estimate of drug-likeness (QED) is 0.541. The highest BCUT2D eigenvalue weighted by molar-refractivity contribution is 6.30. The molecule has 0 radical (unpaired) electrons. The molecular formula is C22H26ClNO4. The number of ketones is 1. The van der Waals surface area contributed by atoms with E-state index >= 15 is 0 Å². The highest BCUT2D eigenvalue weighted by Crippen LogP contribution is 2.48. The number of halogens is 1. The zero-order chi connectivity index (χ0) is 20.5. The molecule has 1 aromatic carbocycles. The molecule has 0 spiro atoms. The minimum atomic E-state index is -0.653. The highest BCUT2D eigenvalue weighted by Gasteiger charge is 2.46.